The molecule has 1 aromatic rings. The number of aliphatic hydroxyl groups excluding tert-OH is 1. The first-order chi connectivity index (χ1) is 19.1. The summed E-state index contributed by atoms with van der Waals surface area (Å²) >= 11 is 0. The summed E-state index contributed by atoms with van der Waals surface area (Å²) in [6.45, 7) is 5.94. The van der Waals surface area contributed by atoms with E-state index in [0.717, 1.165) is 42.4 Å². The van der Waals surface area contributed by atoms with Crippen molar-refractivity contribution in [1.82, 2.24) is 0 Å². The van der Waals surface area contributed by atoms with Crippen LogP contribution in [0.5, 0.6) is 0 Å². The van der Waals surface area contributed by atoms with E-state index in [1.54, 1.807) is 5.56 Å². The molecule has 0 unspecified atom stereocenters. The zero-order valence-corrected chi connectivity index (χ0v) is 24.9. The van der Waals surface area contributed by atoms with E-state index in [2.05, 4.69) is 37.8 Å². The normalized spacial score (nSPS) is 29.6. The monoisotopic (exact) mass is 536 g/mol. The zero-order chi connectivity index (χ0) is 27.5. The molecule has 218 valence electrons. The number of carbonyl (C=O) groups excluding carboxylic acids is 1. The first-order valence-corrected chi connectivity index (χ1v) is 16.6. The highest BCUT2D eigenvalue weighted by Gasteiger charge is 2.31. The average molecular weight is 537 g/mol. The molecule has 0 heterocycles. The quantitative estimate of drug-likeness (QED) is 0.155. The van der Waals surface area contributed by atoms with E-state index in [1.807, 2.05) is 0 Å². The fourth-order valence-electron chi connectivity index (χ4n) is 8.08. The molecule has 0 spiro atoms. The highest BCUT2D eigenvalue weighted by Crippen LogP contribution is 2.45. The van der Waals surface area contributed by atoms with Gasteiger partial charge in [0.05, 0.1) is 18.8 Å². The molecule has 0 amide bonds. The Kier molecular flexibility index (Phi) is 12.4. The van der Waals surface area contributed by atoms with Crippen LogP contribution in [0.1, 0.15) is 145 Å². The van der Waals surface area contributed by atoms with Gasteiger partial charge in [0, 0.05) is 0 Å². The van der Waals surface area contributed by atoms with Crippen LogP contribution in [-0.4, -0.2) is 24.3 Å². The lowest BCUT2D eigenvalue weighted by Gasteiger charge is -2.38. The molecular weight excluding hydrogens is 480 g/mol. The molecule has 3 heteroatoms. The highest BCUT2D eigenvalue weighted by atomic mass is 16.5. The maximum Gasteiger partial charge on any atom is 0.335 e. The molecule has 0 bridgehead atoms. The molecule has 0 aromatic heterocycles. The SMILES string of the molecule is C=C(CO)C(=O)OCCCC1CCC(c2ccc(C3CCC(C4CCC(CCCCC)CC4)CC3)cc2)CC1. The van der Waals surface area contributed by atoms with Crippen LogP contribution in [0, 0.1) is 23.7 Å². The Hall–Kier alpha value is -1.61. The van der Waals surface area contributed by atoms with E-state index in [-0.39, 0.29) is 12.2 Å². The van der Waals surface area contributed by atoms with Gasteiger partial charge in [0.1, 0.15) is 0 Å². The number of hydrogen-bond donors (Lipinski definition) is 1. The lowest BCUT2D eigenvalue weighted by atomic mass is 9.68. The van der Waals surface area contributed by atoms with Gasteiger partial charge in [-0.2, -0.15) is 0 Å². The van der Waals surface area contributed by atoms with E-state index >= 15 is 0 Å². The third-order valence-corrected chi connectivity index (χ3v) is 10.7. The van der Waals surface area contributed by atoms with Crippen molar-refractivity contribution in [2.24, 2.45) is 23.7 Å². The second kappa shape index (κ2) is 16.0. The molecule has 3 nitrogen and oxygen atoms in total. The Labute approximate surface area is 239 Å². The topological polar surface area (TPSA) is 46.5 Å². The summed E-state index contributed by atoms with van der Waals surface area (Å²) in [6.07, 6.45) is 24.6. The van der Waals surface area contributed by atoms with Crippen molar-refractivity contribution in [3.63, 3.8) is 0 Å². The minimum Gasteiger partial charge on any atom is -0.462 e. The highest BCUT2D eigenvalue weighted by molar-refractivity contribution is 5.87. The molecule has 3 aliphatic rings. The van der Waals surface area contributed by atoms with Gasteiger partial charge in [0.15, 0.2) is 0 Å². The summed E-state index contributed by atoms with van der Waals surface area (Å²) in [4.78, 5) is 11.6. The van der Waals surface area contributed by atoms with Crippen molar-refractivity contribution in [1.29, 1.82) is 0 Å². The van der Waals surface area contributed by atoms with Crippen LogP contribution in [0.2, 0.25) is 0 Å². The van der Waals surface area contributed by atoms with E-state index in [0.29, 0.717) is 12.5 Å². The second-order valence-electron chi connectivity index (χ2n) is 13.3. The van der Waals surface area contributed by atoms with Crippen LogP contribution < -0.4 is 0 Å². The Morgan fingerprint density at radius 1 is 0.744 bits per heavy atom. The van der Waals surface area contributed by atoms with Crippen LogP contribution in [0.15, 0.2) is 36.4 Å². The van der Waals surface area contributed by atoms with Gasteiger partial charge in [-0.1, -0.05) is 76.3 Å². The maximum absolute atomic E-state index is 11.6. The van der Waals surface area contributed by atoms with Crippen LogP contribution in [0.4, 0.5) is 0 Å². The van der Waals surface area contributed by atoms with Gasteiger partial charge >= 0.3 is 5.97 Å². The van der Waals surface area contributed by atoms with Gasteiger partial charge in [-0.05, 0) is 124 Å². The smallest absolute Gasteiger partial charge is 0.335 e. The number of ether oxygens (including phenoxy) is 1. The molecule has 4 rings (SSSR count). The van der Waals surface area contributed by atoms with Crippen molar-refractivity contribution in [3.8, 4) is 0 Å². The van der Waals surface area contributed by atoms with Crippen molar-refractivity contribution in [2.75, 3.05) is 13.2 Å². The Morgan fingerprint density at radius 2 is 1.21 bits per heavy atom. The van der Waals surface area contributed by atoms with Gasteiger partial charge in [-0.3, -0.25) is 0 Å². The van der Waals surface area contributed by atoms with Crippen LogP contribution in [0.25, 0.3) is 0 Å². The van der Waals surface area contributed by atoms with Crippen LogP contribution >= 0.6 is 0 Å². The van der Waals surface area contributed by atoms with Gasteiger partial charge < -0.3 is 9.84 Å². The molecule has 0 atom stereocenters. The van der Waals surface area contributed by atoms with Crippen LogP contribution in [0.3, 0.4) is 0 Å². The third kappa shape index (κ3) is 9.20. The number of aliphatic hydroxyl groups is 1. The average Bonchev–Trinajstić information content (AvgIpc) is 3.00. The number of carbonyl (C=O) groups is 1. The summed E-state index contributed by atoms with van der Waals surface area (Å²) in [5.74, 6) is 4.81. The van der Waals surface area contributed by atoms with Crippen molar-refractivity contribution < 1.29 is 14.6 Å². The summed E-state index contributed by atoms with van der Waals surface area (Å²) < 4.78 is 5.19. The molecule has 3 aliphatic carbocycles. The Balaban J connectivity index is 1.12. The Morgan fingerprint density at radius 3 is 1.72 bits per heavy atom. The minimum atomic E-state index is -0.465. The van der Waals surface area contributed by atoms with E-state index in [4.69, 9.17) is 9.84 Å². The third-order valence-electron chi connectivity index (χ3n) is 10.7. The van der Waals surface area contributed by atoms with Gasteiger partial charge in [0.25, 0.3) is 0 Å². The molecule has 0 radical (unpaired) electrons. The fourth-order valence-corrected chi connectivity index (χ4v) is 8.08. The van der Waals surface area contributed by atoms with Crippen molar-refractivity contribution in [2.45, 2.75) is 134 Å². The summed E-state index contributed by atoms with van der Waals surface area (Å²) in [5.41, 5.74) is 3.27. The predicted octanol–water partition coefficient (Wildman–Crippen LogP) is 9.49. The molecule has 0 saturated heterocycles. The molecule has 0 aliphatic heterocycles. The maximum atomic E-state index is 11.6. The van der Waals surface area contributed by atoms with E-state index < -0.39 is 5.97 Å². The van der Waals surface area contributed by atoms with Gasteiger partial charge in [0.2, 0.25) is 0 Å². The summed E-state index contributed by atoms with van der Waals surface area (Å²) in [5, 5.41) is 8.95. The predicted molar refractivity (Wildman–Crippen MR) is 162 cm³/mol. The first kappa shape index (κ1) is 30.4. The largest absolute Gasteiger partial charge is 0.462 e. The summed E-state index contributed by atoms with van der Waals surface area (Å²) in [6, 6.07) is 9.81. The molecule has 3 fully saturated rings. The lowest BCUT2D eigenvalue weighted by molar-refractivity contribution is -0.139. The lowest BCUT2D eigenvalue weighted by Crippen LogP contribution is -2.25. The summed E-state index contributed by atoms with van der Waals surface area (Å²) in [7, 11) is 0. The van der Waals surface area contributed by atoms with Crippen molar-refractivity contribution in [3.05, 3.63) is 47.5 Å². The van der Waals surface area contributed by atoms with Gasteiger partial charge in [-0.25, -0.2) is 4.79 Å². The molecular formula is C36H56O3. The number of unbranched alkanes of at least 4 members (excludes halogenated alkanes) is 2. The standard InChI is InChI=1S/C36H56O3/c1-3-4-5-7-28-9-13-30(14-10-28)32-17-21-34(22-18-32)35-23-19-33(20-24-35)31-15-11-29(12-16-31)8-6-25-39-36(38)27(2)26-37/h19-20,23-24,28-32,34,37H,2-18,21-22,25-26H2,1H3. The fraction of sp³-hybridized carbons (Fsp3) is 0.750. The first-order valence-electron chi connectivity index (χ1n) is 16.6. The zero-order valence-electron chi connectivity index (χ0n) is 24.9. The van der Waals surface area contributed by atoms with Gasteiger partial charge in [-0.15, -0.1) is 0 Å². The minimum absolute atomic E-state index is 0.139. The second-order valence-corrected chi connectivity index (χ2v) is 13.3. The van der Waals surface area contributed by atoms with E-state index in [9.17, 15) is 4.79 Å². The molecule has 1 aromatic carbocycles. The van der Waals surface area contributed by atoms with Crippen molar-refractivity contribution >= 4 is 5.97 Å². The number of hydrogen-bond acceptors (Lipinski definition) is 3. The Bertz CT molecular complexity index is 850. The van der Waals surface area contributed by atoms with E-state index in [1.165, 1.54) is 108 Å². The molecule has 1 N–H and O–H groups in total. The van der Waals surface area contributed by atoms with Crippen LogP contribution in [-0.2, 0) is 9.53 Å². The molecule has 39 heavy (non-hydrogen) atoms. The number of rotatable bonds is 13. The molecule has 3 saturated carbocycles. The number of esters is 1. The number of benzene rings is 1.